The lowest BCUT2D eigenvalue weighted by Gasteiger charge is -2.31. The fourth-order valence-corrected chi connectivity index (χ4v) is 1.84. The summed E-state index contributed by atoms with van der Waals surface area (Å²) < 4.78 is 0. The number of nitrogens with zero attached hydrogens (tertiary/aromatic N) is 2. The molecule has 1 N–H and O–H groups in total. The van der Waals surface area contributed by atoms with Crippen molar-refractivity contribution < 1.29 is 5.11 Å². The normalized spacial score (nSPS) is 18.6. The first-order chi connectivity index (χ1) is 6.75. The summed E-state index contributed by atoms with van der Waals surface area (Å²) in [5, 5.41) is 9.39. The van der Waals surface area contributed by atoms with Gasteiger partial charge < -0.3 is 10.0 Å². The maximum Gasteiger partial charge on any atom is 0.0574 e. The van der Waals surface area contributed by atoms with Crippen molar-refractivity contribution in [2.45, 2.75) is 25.9 Å². The van der Waals surface area contributed by atoms with Gasteiger partial charge in [0.05, 0.1) is 18.0 Å². The molecule has 0 aliphatic carbocycles. The fourth-order valence-electron chi connectivity index (χ4n) is 1.84. The zero-order chi connectivity index (χ0) is 9.97. The van der Waals surface area contributed by atoms with Crippen LogP contribution in [0, 0.1) is 6.92 Å². The Labute approximate surface area is 84.4 Å². The van der Waals surface area contributed by atoms with Crippen LogP contribution in [0.4, 0.5) is 5.69 Å². The Morgan fingerprint density at radius 2 is 2.07 bits per heavy atom. The molecule has 0 radical (unpaired) electrons. The van der Waals surface area contributed by atoms with E-state index in [1.165, 1.54) is 11.3 Å². The maximum atomic E-state index is 9.39. The first kappa shape index (κ1) is 9.46. The van der Waals surface area contributed by atoms with E-state index in [0.29, 0.717) is 0 Å². The van der Waals surface area contributed by atoms with Crippen molar-refractivity contribution in [3.8, 4) is 0 Å². The number of rotatable bonds is 1. The molecular weight excluding hydrogens is 176 g/mol. The van der Waals surface area contributed by atoms with E-state index in [9.17, 15) is 5.11 Å². The molecule has 1 aliphatic rings. The maximum absolute atomic E-state index is 9.39. The van der Waals surface area contributed by atoms with Crippen LogP contribution in [-0.4, -0.2) is 29.3 Å². The predicted molar refractivity (Wildman–Crippen MR) is 56.4 cm³/mol. The molecule has 0 spiro atoms. The second-order valence-electron chi connectivity index (χ2n) is 3.94. The molecule has 0 saturated carbocycles. The Hall–Kier alpha value is -1.09. The zero-order valence-corrected chi connectivity index (χ0v) is 8.48. The number of aliphatic hydroxyl groups is 1. The number of hydrogen-bond acceptors (Lipinski definition) is 3. The average Bonchev–Trinajstić information content (AvgIpc) is 2.19. The van der Waals surface area contributed by atoms with Crippen LogP contribution in [0.15, 0.2) is 18.5 Å². The van der Waals surface area contributed by atoms with Crippen LogP contribution >= 0.6 is 0 Å². The van der Waals surface area contributed by atoms with E-state index in [2.05, 4.69) is 22.9 Å². The molecule has 14 heavy (non-hydrogen) atoms. The van der Waals surface area contributed by atoms with Gasteiger partial charge in [0, 0.05) is 19.3 Å². The zero-order valence-electron chi connectivity index (χ0n) is 8.48. The predicted octanol–water partition coefficient (Wildman–Crippen LogP) is 1.35. The molecular formula is C11H16N2O. The number of aromatic nitrogens is 1. The number of aryl methyl sites for hydroxylation is 1. The molecule has 1 aliphatic heterocycles. The summed E-state index contributed by atoms with van der Waals surface area (Å²) >= 11 is 0. The van der Waals surface area contributed by atoms with Gasteiger partial charge >= 0.3 is 0 Å². The first-order valence-electron chi connectivity index (χ1n) is 5.10. The molecule has 1 saturated heterocycles. The average molecular weight is 192 g/mol. The third-order valence-corrected chi connectivity index (χ3v) is 2.69. The van der Waals surface area contributed by atoms with Crippen LogP contribution in [0.2, 0.25) is 0 Å². The van der Waals surface area contributed by atoms with Crippen molar-refractivity contribution in [3.63, 3.8) is 0 Å². The number of piperidine rings is 1. The van der Waals surface area contributed by atoms with E-state index >= 15 is 0 Å². The Morgan fingerprint density at radius 1 is 1.36 bits per heavy atom. The smallest absolute Gasteiger partial charge is 0.0574 e. The van der Waals surface area contributed by atoms with Crippen molar-refractivity contribution in [3.05, 3.63) is 24.0 Å². The standard InChI is InChI=1S/C11H16N2O/c1-9-6-10(8-12-7-9)13-4-2-11(14)3-5-13/h6-8,11,14H,2-5H2,1H3. The monoisotopic (exact) mass is 192 g/mol. The summed E-state index contributed by atoms with van der Waals surface area (Å²) in [5.41, 5.74) is 2.37. The minimum atomic E-state index is -0.107. The molecule has 0 amide bonds. The van der Waals surface area contributed by atoms with Crippen LogP contribution in [0.5, 0.6) is 0 Å². The van der Waals surface area contributed by atoms with Gasteiger partial charge in [-0.05, 0) is 31.4 Å². The van der Waals surface area contributed by atoms with Gasteiger partial charge in [0.25, 0.3) is 0 Å². The quantitative estimate of drug-likeness (QED) is 0.729. The summed E-state index contributed by atoms with van der Waals surface area (Å²) in [6.45, 7) is 3.92. The molecule has 1 fully saturated rings. The molecule has 3 nitrogen and oxygen atoms in total. The fraction of sp³-hybridized carbons (Fsp3) is 0.545. The first-order valence-corrected chi connectivity index (χ1v) is 5.10. The van der Waals surface area contributed by atoms with Crippen molar-refractivity contribution in [2.24, 2.45) is 0 Å². The molecule has 2 rings (SSSR count). The van der Waals surface area contributed by atoms with Crippen molar-refractivity contribution >= 4 is 5.69 Å². The molecule has 3 heteroatoms. The molecule has 1 aromatic heterocycles. The molecule has 2 heterocycles. The van der Waals surface area contributed by atoms with E-state index in [1.54, 1.807) is 0 Å². The van der Waals surface area contributed by atoms with Crippen LogP contribution in [0.25, 0.3) is 0 Å². The highest BCUT2D eigenvalue weighted by molar-refractivity contribution is 5.46. The number of anilines is 1. The lowest BCUT2D eigenvalue weighted by molar-refractivity contribution is 0.145. The van der Waals surface area contributed by atoms with Gasteiger partial charge in [-0.15, -0.1) is 0 Å². The molecule has 0 aromatic carbocycles. The number of pyridine rings is 1. The van der Waals surface area contributed by atoms with Crippen LogP contribution in [0.1, 0.15) is 18.4 Å². The third-order valence-electron chi connectivity index (χ3n) is 2.69. The van der Waals surface area contributed by atoms with E-state index in [1.807, 2.05) is 12.4 Å². The van der Waals surface area contributed by atoms with E-state index in [0.717, 1.165) is 25.9 Å². The van der Waals surface area contributed by atoms with Crippen molar-refractivity contribution in [1.29, 1.82) is 0 Å². The van der Waals surface area contributed by atoms with E-state index in [-0.39, 0.29) is 6.10 Å². The highest BCUT2D eigenvalue weighted by Crippen LogP contribution is 2.19. The Balaban J connectivity index is 2.08. The van der Waals surface area contributed by atoms with E-state index in [4.69, 9.17) is 0 Å². The highest BCUT2D eigenvalue weighted by Gasteiger charge is 2.17. The van der Waals surface area contributed by atoms with E-state index < -0.39 is 0 Å². The third kappa shape index (κ3) is 2.04. The summed E-state index contributed by atoms with van der Waals surface area (Å²) in [5.74, 6) is 0. The highest BCUT2D eigenvalue weighted by atomic mass is 16.3. The van der Waals surface area contributed by atoms with Crippen LogP contribution in [-0.2, 0) is 0 Å². The summed E-state index contributed by atoms with van der Waals surface area (Å²) in [6, 6.07) is 2.14. The van der Waals surface area contributed by atoms with Crippen molar-refractivity contribution in [1.82, 2.24) is 4.98 Å². The minimum absolute atomic E-state index is 0.107. The number of hydrogen-bond donors (Lipinski definition) is 1. The Morgan fingerprint density at radius 3 is 2.71 bits per heavy atom. The minimum Gasteiger partial charge on any atom is -0.393 e. The molecule has 76 valence electrons. The summed E-state index contributed by atoms with van der Waals surface area (Å²) in [7, 11) is 0. The topological polar surface area (TPSA) is 36.4 Å². The molecule has 0 bridgehead atoms. The van der Waals surface area contributed by atoms with Crippen LogP contribution < -0.4 is 4.90 Å². The summed E-state index contributed by atoms with van der Waals surface area (Å²) in [6.07, 6.45) is 5.39. The Bertz CT molecular complexity index is 306. The lowest BCUT2D eigenvalue weighted by atomic mass is 10.1. The lowest BCUT2D eigenvalue weighted by Crippen LogP contribution is -2.35. The van der Waals surface area contributed by atoms with Gasteiger partial charge in [-0.2, -0.15) is 0 Å². The number of aliphatic hydroxyl groups excluding tert-OH is 1. The van der Waals surface area contributed by atoms with Gasteiger partial charge in [0.1, 0.15) is 0 Å². The van der Waals surface area contributed by atoms with Gasteiger partial charge in [0.2, 0.25) is 0 Å². The van der Waals surface area contributed by atoms with Crippen molar-refractivity contribution in [2.75, 3.05) is 18.0 Å². The summed E-state index contributed by atoms with van der Waals surface area (Å²) in [4.78, 5) is 6.46. The van der Waals surface area contributed by atoms with Gasteiger partial charge in [0.15, 0.2) is 0 Å². The second kappa shape index (κ2) is 3.96. The van der Waals surface area contributed by atoms with Crippen LogP contribution in [0.3, 0.4) is 0 Å². The largest absolute Gasteiger partial charge is 0.393 e. The second-order valence-corrected chi connectivity index (χ2v) is 3.94. The molecule has 1 aromatic rings. The van der Waals surface area contributed by atoms with Gasteiger partial charge in [-0.1, -0.05) is 0 Å². The molecule has 0 atom stereocenters. The Kier molecular flexibility index (Phi) is 2.68. The van der Waals surface area contributed by atoms with Gasteiger partial charge in [-0.25, -0.2) is 0 Å². The molecule has 0 unspecified atom stereocenters. The SMILES string of the molecule is Cc1cncc(N2CCC(O)CC2)c1. The van der Waals surface area contributed by atoms with Gasteiger partial charge in [-0.3, -0.25) is 4.98 Å².